The summed E-state index contributed by atoms with van der Waals surface area (Å²) in [6, 6.07) is 0. The van der Waals surface area contributed by atoms with Crippen molar-refractivity contribution in [3.8, 4) is 0 Å². The van der Waals surface area contributed by atoms with Gasteiger partial charge in [-0.05, 0) is 41.5 Å². The van der Waals surface area contributed by atoms with Crippen molar-refractivity contribution < 1.29 is 23.9 Å². The molecule has 5 nitrogen and oxygen atoms in total. The highest BCUT2D eigenvalue weighted by Gasteiger charge is 2.37. The van der Waals surface area contributed by atoms with E-state index in [4.69, 9.17) is 4.74 Å². The SMILES string of the molecule is CC(=O)CC(C)(C)C(=O)OC(=O)C(C)(C)CC(C)=O. The Kier molecular flexibility index (Phi) is 5.60. The molecule has 108 valence electrons. The van der Waals surface area contributed by atoms with E-state index in [1.165, 1.54) is 13.8 Å². The third-order valence-corrected chi connectivity index (χ3v) is 2.67. The molecule has 0 spiro atoms. The topological polar surface area (TPSA) is 77.5 Å². The average Bonchev–Trinajstić information content (AvgIpc) is 2.12. The summed E-state index contributed by atoms with van der Waals surface area (Å²) in [6.45, 7) is 8.92. The molecule has 0 saturated heterocycles. The van der Waals surface area contributed by atoms with Gasteiger partial charge in [-0.15, -0.1) is 0 Å². The fourth-order valence-electron chi connectivity index (χ4n) is 1.75. The van der Waals surface area contributed by atoms with Crippen LogP contribution >= 0.6 is 0 Å². The molecular formula is C14H22O5. The molecule has 0 atom stereocenters. The van der Waals surface area contributed by atoms with E-state index in [1.807, 2.05) is 0 Å². The summed E-state index contributed by atoms with van der Waals surface area (Å²) in [5.41, 5.74) is -2.10. The molecule has 0 aliphatic heterocycles. The second-order valence-electron chi connectivity index (χ2n) is 6.20. The third-order valence-electron chi connectivity index (χ3n) is 2.67. The van der Waals surface area contributed by atoms with Crippen LogP contribution in [0.5, 0.6) is 0 Å². The van der Waals surface area contributed by atoms with Gasteiger partial charge in [0.25, 0.3) is 0 Å². The zero-order valence-corrected chi connectivity index (χ0v) is 12.5. The van der Waals surface area contributed by atoms with Crippen molar-refractivity contribution in [3.63, 3.8) is 0 Å². The summed E-state index contributed by atoms with van der Waals surface area (Å²) < 4.78 is 4.80. The Bertz CT molecular complexity index is 366. The van der Waals surface area contributed by atoms with Gasteiger partial charge < -0.3 is 4.74 Å². The van der Waals surface area contributed by atoms with Crippen molar-refractivity contribution in [2.45, 2.75) is 54.4 Å². The second-order valence-corrected chi connectivity index (χ2v) is 6.20. The number of esters is 2. The molecule has 0 aromatic heterocycles. The van der Waals surface area contributed by atoms with E-state index in [-0.39, 0.29) is 24.4 Å². The fraction of sp³-hybridized carbons (Fsp3) is 0.714. The molecule has 0 aromatic carbocycles. The van der Waals surface area contributed by atoms with Gasteiger partial charge in [0.05, 0.1) is 10.8 Å². The Morgan fingerprint density at radius 2 is 1.00 bits per heavy atom. The smallest absolute Gasteiger partial charge is 0.319 e. The predicted molar refractivity (Wildman–Crippen MR) is 69.3 cm³/mol. The van der Waals surface area contributed by atoms with E-state index in [9.17, 15) is 19.2 Å². The molecule has 0 aliphatic rings. The molecule has 0 heterocycles. The van der Waals surface area contributed by atoms with Gasteiger partial charge in [-0.2, -0.15) is 0 Å². The minimum absolute atomic E-state index is 0.00620. The van der Waals surface area contributed by atoms with E-state index >= 15 is 0 Å². The zero-order valence-electron chi connectivity index (χ0n) is 12.5. The molecule has 0 aliphatic carbocycles. The zero-order chi connectivity index (χ0) is 15.4. The minimum atomic E-state index is -1.05. The van der Waals surface area contributed by atoms with Gasteiger partial charge >= 0.3 is 11.9 Å². The Morgan fingerprint density at radius 3 is 1.21 bits per heavy atom. The first kappa shape index (κ1) is 17.5. The largest absolute Gasteiger partial charge is 0.392 e. The maximum Gasteiger partial charge on any atom is 0.319 e. The first-order valence-corrected chi connectivity index (χ1v) is 6.14. The highest BCUT2D eigenvalue weighted by molar-refractivity contribution is 5.94. The van der Waals surface area contributed by atoms with Crippen molar-refractivity contribution in [2.75, 3.05) is 0 Å². The lowest BCUT2D eigenvalue weighted by atomic mass is 9.86. The van der Waals surface area contributed by atoms with Crippen LogP contribution in [0, 0.1) is 10.8 Å². The maximum absolute atomic E-state index is 11.9. The van der Waals surface area contributed by atoms with Crippen LogP contribution < -0.4 is 0 Å². The summed E-state index contributed by atoms with van der Waals surface area (Å²) in [5, 5.41) is 0. The molecule has 0 bridgehead atoms. The standard InChI is InChI=1S/C14H22O5/c1-9(15)7-13(3,4)11(17)19-12(18)14(5,6)8-10(2)16/h7-8H2,1-6H3. The maximum atomic E-state index is 11.9. The van der Waals surface area contributed by atoms with Crippen molar-refractivity contribution in [3.05, 3.63) is 0 Å². The lowest BCUT2D eigenvalue weighted by molar-refractivity contribution is -0.173. The van der Waals surface area contributed by atoms with Gasteiger partial charge in [-0.1, -0.05) is 0 Å². The molecule has 0 amide bonds. The Labute approximate surface area is 113 Å². The van der Waals surface area contributed by atoms with Crippen LogP contribution in [0.15, 0.2) is 0 Å². The molecule has 0 saturated carbocycles. The molecule has 0 radical (unpaired) electrons. The highest BCUT2D eigenvalue weighted by Crippen LogP contribution is 2.27. The average molecular weight is 270 g/mol. The molecule has 0 fully saturated rings. The van der Waals surface area contributed by atoms with Crippen LogP contribution in [0.2, 0.25) is 0 Å². The van der Waals surface area contributed by atoms with Crippen molar-refractivity contribution in [2.24, 2.45) is 10.8 Å². The summed E-state index contributed by atoms with van der Waals surface area (Å²) in [7, 11) is 0. The van der Waals surface area contributed by atoms with Crippen LogP contribution in [-0.2, 0) is 23.9 Å². The van der Waals surface area contributed by atoms with E-state index in [0.29, 0.717) is 0 Å². The van der Waals surface area contributed by atoms with Gasteiger partial charge in [-0.3, -0.25) is 19.2 Å². The van der Waals surface area contributed by atoms with Gasteiger partial charge in [0, 0.05) is 12.8 Å². The molecule has 0 aromatic rings. The van der Waals surface area contributed by atoms with Crippen molar-refractivity contribution >= 4 is 23.5 Å². The number of ketones is 2. The van der Waals surface area contributed by atoms with E-state index in [0.717, 1.165) is 0 Å². The Hall–Kier alpha value is -1.52. The quantitative estimate of drug-likeness (QED) is 0.545. The van der Waals surface area contributed by atoms with Crippen LogP contribution in [-0.4, -0.2) is 23.5 Å². The van der Waals surface area contributed by atoms with Crippen molar-refractivity contribution in [1.82, 2.24) is 0 Å². The lowest BCUT2D eigenvalue weighted by Crippen LogP contribution is -2.36. The first-order chi connectivity index (χ1) is 8.38. The molecule has 0 unspecified atom stereocenters. The van der Waals surface area contributed by atoms with Gasteiger partial charge in [0.2, 0.25) is 0 Å². The Balaban J connectivity index is 4.77. The number of hydrogen-bond acceptors (Lipinski definition) is 5. The number of ether oxygens (including phenoxy) is 1. The first-order valence-electron chi connectivity index (χ1n) is 6.14. The number of hydrogen-bond donors (Lipinski definition) is 0. The summed E-state index contributed by atoms with van der Waals surface area (Å²) >= 11 is 0. The van der Waals surface area contributed by atoms with Gasteiger partial charge in [0.15, 0.2) is 0 Å². The Morgan fingerprint density at radius 1 is 0.737 bits per heavy atom. The second kappa shape index (κ2) is 6.08. The van der Waals surface area contributed by atoms with E-state index in [1.54, 1.807) is 27.7 Å². The summed E-state index contributed by atoms with van der Waals surface area (Å²) in [4.78, 5) is 45.8. The third kappa shape index (κ3) is 5.77. The van der Waals surface area contributed by atoms with E-state index in [2.05, 4.69) is 0 Å². The van der Waals surface area contributed by atoms with Crippen LogP contribution in [0.3, 0.4) is 0 Å². The summed E-state index contributed by atoms with van der Waals surface area (Å²) in [6.07, 6.45) is 0.0124. The van der Waals surface area contributed by atoms with Crippen LogP contribution in [0.4, 0.5) is 0 Å². The molecule has 0 N–H and O–H groups in total. The predicted octanol–water partition coefficient (Wildman–Crippen LogP) is 2.07. The minimum Gasteiger partial charge on any atom is -0.392 e. The monoisotopic (exact) mass is 270 g/mol. The van der Waals surface area contributed by atoms with Crippen LogP contribution in [0.1, 0.15) is 54.4 Å². The molecule has 0 rings (SSSR count). The fourth-order valence-corrected chi connectivity index (χ4v) is 1.75. The van der Waals surface area contributed by atoms with E-state index < -0.39 is 22.8 Å². The number of carbonyl (C=O) groups is 4. The molecule has 5 heteroatoms. The van der Waals surface area contributed by atoms with Crippen LogP contribution in [0.25, 0.3) is 0 Å². The summed E-state index contributed by atoms with van der Waals surface area (Å²) in [5.74, 6) is -1.80. The number of carbonyl (C=O) groups excluding carboxylic acids is 4. The van der Waals surface area contributed by atoms with Crippen molar-refractivity contribution in [1.29, 1.82) is 0 Å². The molecule has 19 heavy (non-hydrogen) atoms. The van der Waals surface area contributed by atoms with Gasteiger partial charge in [0.1, 0.15) is 11.6 Å². The number of rotatable bonds is 6. The van der Waals surface area contributed by atoms with Gasteiger partial charge in [-0.25, -0.2) is 0 Å². The lowest BCUT2D eigenvalue weighted by Gasteiger charge is -2.25. The molecular weight excluding hydrogens is 248 g/mol. The normalized spacial score (nSPS) is 11.9. The highest BCUT2D eigenvalue weighted by atomic mass is 16.6. The number of Topliss-reactive ketones (excluding diaryl/α,β-unsaturated/α-hetero) is 2.